The summed E-state index contributed by atoms with van der Waals surface area (Å²) in [5.41, 5.74) is 11.9. The second kappa shape index (κ2) is 10.8. The number of fused-ring (bicyclic) bond motifs is 5. The molecule has 2 nitrogen and oxygen atoms in total. The summed E-state index contributed by atoms with van der Waals surface area (Å²) in [6.07, 6.45) is 0. The summed E-state index contributed by atoms with van der Waals surface area (Å²) >= 11 is 0. The van der Waals surface area contributed by atoms with Gasteiger partial charge in [-0.05, 0) is 88.1 Å². The van der Waals surface area contributed by atoms with Crippen LogP contribution in [0.4, 0.5) is 34.1 Å². The van der Waals surface area contributed by atoms with Crippen molar-refractivity contribution < 1.29 is 0 Å². The van der Waals surface area contributed by atoms with Crippen molar-refractivity contribution in [3.05, 3.63) is 181 Å². The molecular weight excluding hydrogens is 544 g/mol. The van der Waals surface area contributed by atoms with Crippen LogP contribution in [0.1, 0.15) is 25.0 Å². The van der Waals surface area contributed by atoms with Crippen LogP contribution in [-0.4, -0.2) is 0 Å². The first kappa shape index (κ1) is 27.0. The molecule has 0 aromatic heterocycles. The molecule has 0 fully saturated rings. The number of hydrogen-bond donors (Lipinski definition) is 0. The Bertz CT molecular complexity index is 2040. The molecule has 0 atom stereocenters. The topological polar surface area (TPSA) is 6.48 Å². The van der Waals surface area contributed by atoms with Gasteiger partial charge in [0, 0.05) is 39.4 Å². The summed E-state index contributed by atoms with van der Waals surface area (Å²) in [6, 6.07) is 61.2. The lowest BCUT2D eigenvalue weighted by Crippen LogP contribution is -2.18. The van der Waals surface area contributed by atoms with E-state index < -0.39 is 0 Å². The van der Waals surface area contributed by atoms with E-state index in [-0.39, 0.29) is 5.41 Å². The Morgan fingerprint density at radius 1 is 0.378 bits per heavy atom. The fourth-order valence-corrected chi connectivity index (χ4v) is 7.06. The van der Waals surface area contributed by atoms with Gasteiger partial charge in [0.2, 0.25) is 0 Å². The summed E-state index contributed by atoms with van der Waals surface area (Å²) in [6.45, 7) is 4.76. The molecule has 1 aliphatic carbocycles. The lowest BCUT2D eigenvalue weighted by Gasteiger charge is -2.32. The first-order chi connectivity index (χ1) is 22.1. The van der Waals surface area contributed by atoms with Gasteiger partial charge in [-0.2, -0.15) is 0 Å². The molecule has 7 aromatic rings. The van der Waals surface area contributed by atoms with Crippen LogP contribution < -0.4 is 9.80 Å². The molecule has 2 heteroatoms. The van der Waals surface area contributed by atoms with Crippen LogP contribution in [0.15, 0.2) is 170 Å². The smallest absolute Gasteiger partial charge is 0.0564 e. The fourth-order valence-electron chi connectivity index (χ4n) is 7.06. The van der Waals surface area contributed by atoms with Crippen LogP contribution in [0, 0.1) is 0 Å². The maximum absolute atomic E-state index is 2.43. The van der Waals surface area contributed by atoms with Crippen LogP contribution in [0.5, 0.6) is 0 Å². The summed E-state index contributed by atoms with van der Waals surface area (Å²) in [4.78, 5) is 4.82. The van der Waals surface area contributed by atoms with Gasteiger partial charge in [-0.15, -0.1) is 0 Å². The van der Waals surface area contributed by atoms with E-state index in [0.717, 1.165) is 28.4 Å². The fraction of sp³-hybridized carbons (Fsp3) is 0.0698. The van der Waals surface area contributed by atoms with Crippen LogP contribution in [0.25, 0.3) is 21.9 Å². The molecule has 0 heterocycles. The Hall–Kier alpha value is -5.60. The van der Waals surface area contributed by atoms with Gasteiger partial charge in [0.1, 0.15) is 0 Å². The van der Waals surface area contributed by atoms with Crippen molar-refractivity contribution in [2.24, 2.45) is 0 Å². The lowest BCUT2D eigenvalue weighted by molar-refractivity contribution is 0.661. The molecule has 0 saturated heterocycles. The standard InChI is InChI=1S/C43H34N2/c1-43(2)38-28-27-31-17-15-16-26-37(31)41(38)42-39(43)29-36(44(32-18-7-3-8-19-32)33-20-9-4-10-21-33)30-40(42)45(34-22-11-5-12-23-34)35-24-13-6-14-25-35/h3-30H,1-2H3. The van der Waals surface area contributed by atoms with Gasteiger partial charge in [0.25, 0.3) is 0 Å². The molecule has 7 aromatic carbocycles. The number of rotatable bonds is 6. The first-order valence-corrected chi connectivity index (χ1v) is 15.6. The number of benzene rings is 7. The first-order valence-electron chi connectivity index (χ1n) is 15.6. The van der Waals surface area contributed by atoms with Crippen molar-refractivity contribution in [3.63, 3.8) is 0 Å². The van der Waals surface area contributed by atoms with E-state index in [4.69, 9.17) is 0 Å². The molecule has 0 bridgehead atoms. The Balaban J connectivity index is 1.51. The lowest BCUT2D eigenvalue weighted by atomic mass is 9.81. The molecule has 45 heavy (non-hydrogen) atoms. The molecule has 0 saturated carbocycles. The summed E-state index contributed by atoms with van der Waals surface area (Å²) in [5.74, 6) is 0. The molecule has 0 unspecified atom stereocenters. The molecule has 0 N–H and O–H groups in total. The quantitative estimate of drug-likeness (QED) is 0.194. The van der Waals surface area contributed by atoms with Crippen LogP contribution in [0.3, 0.4) is 0 Å². The highest BCUT2D eigenvalue weighted by Gasteiger charge is 2.40. The van der Waals surface area contributed by atoms with Crippen molar-refractivity contribution in [2.45, 2.75) is 19.3 Å². The molecular formula is C43H34N2. The number of para-hydroxylation sites is 4. The molecule has 216 valence electrons. The van der Waals surface area contributed by atoms with Crippen molar-refractivity contribution in [1.29, 1.82) is 0 Å². The second-order valence-corrected chi connectivity index (χ2v) is 12.2. The van der Waals surface area contributed by atoms with Gasteiger partial charge in [-0.3, -0.25) is 0 Å². The van der Waals surface area contributed by atoms with Gasteiger partial charge in [-0.1, -0.05) is 123 Å². The average Bonchev–Trinajstić information content (AvgIpc) is 3.33. The van der Waals surface area contributed by atoms with E-state index in [1.54, 1.807) is 0 Å². The van der Waals surface area contributed by atoms with Crippen molar-refractivity contribution in [3.8, 4) is 11.1 Å². The van der Waals surface area contributed by atoms with E-state index in [1.807, 2.05) is 0 Å². The van der Waals surface area contributed by atoms with Crippen molar-refractivity contribution >= 4 is 44.9 Å². The van der Waals surface area contributed by atoms with Gasteiger partial charge >= 0.3 is 0 Å². The van der Waals surface area contributed by atoms with Crippen molar-refractivity contribution in [2.75, 3.05) is 9.80 Å². The van der Waals surface area contributed by atoms with E-state index in [1.165, 1.54) is 38.7 Å². The monoisotopic (exact) mass is 578 g/mol. The third kappa shape index (κ3) is 4.49. The minimum atomic E-state index is -0.211. The minimum absolute atomic E-state index is 0.211. The molecule has 1 aliphatic rings. The van der Waals surface area contributed by atoms with Gasteiger partial charge in [0.15, 0.2) is 0 Å². The van der Waals surface area contributed by atoms with Crippen molar-refractivity contribution in [1.82, 2.24) is 0 Å². The zero-order chi connectivity index (χ0) is 30.4. The Morgan fingerprint density at radius 3 is 1.38 bits per heavy atom. The number of hydrogen-bond acceptors (Lipinski definition) is 2. The molecule has 8 rings (SSSR count). The summed E-state index contributed by atoms with van der Waals surface area (Å²) in [7, 11) is 0. The highest BCUT2D eigenvalue weighted by atomic mass is 15.2. The van der Waals surface area contributed by atoms with E-state index >= 15 is 0 Å². The largest absolute Gasteiger partial charge is 0.310 e. The zero-order valence-electron chi connectivity index (χ0n) is 25.6. The molecule has 0 spiro atoms. The summed E-state index contributed by atoms with van der Waals surface area (Å²) in [5, 5.41) is 2.55. The SMILES string of the molecule is CC1(C)c2cc(N(c3ccccc3)c3ccccc3)cc(N(c3ccccc3)c3ccccc3)c2-c2c1ccc1ccccc21. The van der Waals surface area contributed by atoms with E-state index in [9.17, 15) is 0 Å². The normalized spacial score (nSPS) is 12.8. The van der Waals surface area contributed by atoms with Gasteiger partial charge in [0.05, 0.1) is 5.69 Å². The Morgan fingerprint density at radius 2 is 0.844 bits per heavy atom. The second-order valence-electron chi connectivity index (χ2n) is 12.2. The minimum Gasteiger partial charge on any atom is -0.310 e. The van der Waals surface area contributed by atoms with Gasteiger partial charge in [-0.25, -0.2) is 0 Å². The Kier molecular flexibility index (Phi) is 6.50. The van der Waals surface area contributed by atoms with E-state index in [0.29, 0.717) is 0 Å². The maximum atomic E-state index is 2.43. The van der Waals surface area contributed by atoms with Crippen LogP contribution >= 0.6 is 0 Å². The molecule has 0 aliphatic heterocycles. The van der Waals surface area contributed by atoms with Crippen LogP contribution in [0.2, 0.25) is 0 Å². The highest BCUT2D eigenvalue weighted by Crippen LogP contribution is 2.58. The third-order valence-electron chi connectivity index (χ3n) is 9.18. The predicted molar refractivity (Wildman–Crippen MR) is 191 cm³/mol. The highest BCUT2D eigenvalue weighted by molar-refractivity contribution is 6.08. The van der Waals surface area contributed by atoms with Crippen LogP contribution in [-0.2, 0) is 5.41 Å². The number of anilines is 6. The molecule has 0 radical (unpaired) electrons. The average molecular weight is 579 g/mol. The molecule has 0 amide bonds. The Labute approximate surface area is 265 Å². The number of nitrogens with zero attached hydrogens (tertiary/aromatic N) is 2. The zero-order valence-corrected chi connectivity index (χ0v) is 25.6. The predicted octanol–water partition coefficient (Wildman–Crippen LogP) is 12.1. The maximum Gasteiger partial charge on any atom is 0.0564 e. The van der Waals surface area contributed by atoms with E-state index in [2.05, 4.69) is 194 Å². The van der Waals surface area contributed by atoms with Gasteiger partial charge < -0.3 is 9.80 Å². The third-order valence-corrected chi connectivity index (χ3v) is 9.18. The summed E-state index contributed by atoms with van der Waals surface area (Å²) < 4.78 is 0.